The molecule has 0 saturated carbocycles. The van der Waals surface area contributed by atoms with E-state index >= 15 is 0 Å². The van der Waals surface area contributed by atoms with Crippen molar-refractivity contribution in [1.82, 2.24) is 9.97 Å². The average molecular weight is 501 g/mol. The van der Waals surface area contributed by atoms with Gasteiger partial charge >= 0.3 is 5.97 Å². The second kappa shape index (κ2) is 8.33. The molecule has 2 aromatic heterocycles. The van der Waals surface area contributed by atoms with E-state index in [1.165, 1.54) is 0 Å². The number of esters is 1. The molecule has 0 spiro atoms. The minimum Gasteiger partial charge on any atom is -0.457 e. The Balaban J connectivity index is 1.24. The van der Waals surface area contributed by atoms with Gasteiger partial charge in [0.05, 0.1) is 5.92 Å². The Kier molecular flexibility index (Phi) is 5.24. The number of H-pyrrole nitrogens is 2. The van der Waals surface area contributed by atoms with E-state index in [0.29, 0.717) is 10.0 Å². The molecule has 0 aliphatic rings. The molecule has 6 rings (SSSR count). The zero-order valence-electron chi connectivity index (χ0n) is 19.2. The lowest BCUT2D eigenvalue weighted by atomic mass is 9.99. The number of benzene rings is 4. The highest BCUT2D eigenvalue weighted by molar-refractivity contribution is 6.32. The van der Waals surface area contributed by atoms with E-state index < -0.39 is 5.92 Å². The van der Waals surface area contributed by atoms with Crippen molar-refractivity contribution in [2.45, 2.75) is 25.9 Å². The molecule has 6 aromatic rings. The van der Waals surface area contributed by atoms with Gasteiger partial charge in [-0.05, 0) is 73.5 Å². The fourth-order valence-corrected chi connectivity index (χ4v) is 5.13. The van der Waals surface area contributed by atoms with Crippen molar-refractivity contribution in [3.63, 3.8) is 0 Å². The van der Waals surface area contributed by atoms with Gasteiger partial charge in [0, 0.05) is 53.7 Å². The number of carbonyl (C=O) groups excluding carboxylic acids is 1. The first kappa shape index (κ1) is 22.0. The number of halogens is 2. The van der Waals surface area contributed by atoms with Crippen LogP contribution in [0.25, 0.3) is 43.6 Å². The van der Waals surface area contributed by atoms with Crippen LogP contribution >= 0.6 is 23.2 Å². The minimum absolute atomic E-state index is 0.264. The lowest BCUT2D eigenvalue weighted by Crippen LogP contribution is -2.15. The number of fused-ring (bicyclic) bond motifs is 6. The normalized spacial score (nSPS) is 13.6. The Labute approximate surface area is 211 Å². The van der Waals surface area contributed by atoms with Gasteiger partial charge < -0.3 is 14.7 Å². The van der Waals surface area contributed by atoms with Gasteiger partial charge in [0.15, 0.2) is 0 Å². The van der Waals surface area contributed by atoms with Crippen LogP contribution in [0.2, 0.25) is 10.0 Å². The number of rotatable bonds is 4. The second-order valence-corrected chi connectivity index (χ2v) is 9.91. The van der Waals surface area contributed by atoms with Gasteiger partial charge in [0.1, 0.15) is 6.10 Å². The first-order chi connectivity index (χ1) is 16.9. The highest BCUT2D eigenvalue weighted by atomic mass is 35.5. The molecule has 4 aromatic carbocycles. The van der Waals surface area contributed by atoms with Gasteiger partial charge in [-0.3, -0.25) is 4.79 Å². The number of ether oxygens (including phenoxy) is 1. The van der Waals surface area contributed by atoms with E-state index in [-0.39, 0.29) is 12.1 Å². The van der Waals surface area contributed by atoms with Gasteiger partial charge in [-0.2, -0.15) is 0 Å². The molecule has 35 heavy (non-hydrogen) atoms. The van der Waals surface area contributed by atoms with E-state index in [1.807, 2.05) is 86.6 Å². The summed E-state index contributed by atoms with van der Waals surface area (Å²) < 4.78 is 5.88. The lowest BCUT2D eigenvalue weighted by molar-refractivity contribution is -0.150. The third-order valence-corrected chi connectivity index (χ3v) is 7.26. The standard InChI is InChI=1S/C29H22Cl2N2O2/c1-15(17-3-7-21-23-13-19(30)5-9-25(23)32-27(21)11-17)29(34)35-16(2)18-4-8-22-24-14-20(31)6-10-26(24)33-28(22)12-18/h3-16,32-33H,1-2H3/t15-,16-/m1/s1. The van der Waals surface area contributed by atoms with Crippen LogP contribution in [-0.2, 0) is 9.53 Å². The molecule has 6 heteroatoms. The van der Waals surface area contributed by atoms with Crippen LogP contribution in [0.15, 0.2) is 72.8 Å². The molecule has 2 heterocycles. The molecule has 0 unspecified atom stereocenters. The van der Waals surface area contributed by atoms with Gasteiger partial charge in [0.2, 0.25) is 0 Å². The number of nitrogens with one attached hydrogen (secondary N) is 2. The summed E-state index contributed by atoms with van der Waals surface area (Å²) in [6, 6.07) is 23.7. The molecule has 0 bridgehead atoms. The van der Waals surface area contributed by atoms with Gasteiger partial charge in [-0.1, -0.05) is 47.5 Å². The number of aromatic amines is 2. The quantitative estimate of drug-likeness (QED) is 0.238. The Bertz CT molecular complexity index is 1770. The molecular formula is C29H22Cl2N2O2. The molecule has 174 valence electrons. The van der Waals surface area contributed by atoms with Crippen LogP contribution in [0, 0.1) is 0 Å². The van der Waals surface area contributed by atoms with Crippen molar-refractivity contribution in [2.75, 3.05) is 0 Å². The van der Waals surface area contributed by atoms with Crippen LogP contribution in [0.4, 0.5) is 0 Å². The fourth-order valence-electron chi connectivity index (χ4n) is 4.79. The van der Waals surface area contributed by atoms with Crippen molar-refractivity contribution < 1.29 is 9.53 Å². The maximum atomic E-state index is 13.0. The molecule has 2 atom stereocenters. The Morgan fingerprint density at radius 1 is 0.657 bits per heavy atom. The molecule has 0 fully saturated rings. The molecular weight excluding hydrogens is 479 g/mol. The maximum Gasteiger partial charge on any atom is 0.313 e. The van der Waals surface area contributed by atoms with E-state index in [2.05, 4.69) is 9.97 Å². The summed E-state index contributed by atoms with van der Waals surface area (Å²) in [5, 5.41) is 5.71. The van der Waals surface area contributed by atoms with Crippen LogP contribution in [0.3, 0.4) is 0 Å². The largest absolute Gasteiger partial charge is 0.457 e. The molecule has 0 aliphatic heterocycles. The monoisotopic (exact) mass is 500 g/mol. The first-order valence-electron chi connectivity index (χ1n) is 11.5. The number of aromatic nitrogens is 2. The number of hydrogen-bond acceptors (Lipinski definition) is 2. The van der Waals surface area contributed by atoms with Crippen molar-refractivity contribution in [1.29, 1.82) is 0 Å². The molecule has 0 saturated heterocycles. The van der Waals surface area contributed by atoms with Crippen molar-refractivity contribution in [3.8, 4) is 0 Å². The molecule has 0 amide bonds. The van der Waals surface area contributed by atoms with Crippen molar-refractivity contribution >= 4 is 72.8 Å². The molecule has 0 radical (unpaired) electrons. The summed E-state index contributed by atoms with van der Waals surface area (Å²) in [6.45, 7) is 3.77. The summed E-state index contributed by atoms with van der Waals surface area (Å²) in [5.74, 6) is -0.671. The zero-order chi connectivity index (χ0) is 24.3. The predicted octanol–water partition coefficient (Wildman–Crippen LogP) is 8.67. The maximum absolute atomic E-state index is 13.0. The summed E-state index contributed by atoms with van der Waals surface area (Å²) in [5.41, 5.74) is 5.82. The Hall–Kier alpha value is -3.47. The van der Waals surface area contributed by atoms with E-state index in [9.17, 15) is 4.79 Å². The minimum atomic E-state index is -0.407. The second-order valence-electron chi connectivity index (χ2n) is 9.04. The van der Waals surface area contributed by atoms with Gasteiger partial charge in [-0.25, -0.2) is 0 Å². The summed E-state index contributed by atoms with van der Waals surface area (Å²) in [7, 11) is 0. The third kappa shape index (κ3) is 3.83. The molecule has 2 N–H and O–H groups in total. The van der Waals surface area contributed by atoms with Crippen molar-refractivity contribution in [2.24, 2.45) is 0 Å². The van der Waals surface area contributed by atoms with Crippen LogP contribution in [0.1, 0.15) is 37.0 Å². The highest BCUT2D eigenvalue weighted by Crippen LogP contribution is 2.33. The van der Waals surface area contributed by atoms with Gasteiger partial charge in [0.25, 0.3) is 0 Å². The number of hydrogen-bond donors (Lipinski definition) is 2. The van der Waals surface area contributed by atoms with Crippen LogP contribution in [0.5, 0.6) is 0 Å². The van der Waals surface area contributed by atoms with E-state index in [0.717, 1.165) is 54.7 Å². The smallest absolute Gasteiger partial charge is 0.313 e. The lowest BCUT2D eigenvalue weighted by Gasteiger charge is -2.18. The van der Waals surface area contributed by atoms with Crippen LogP contribution in [-0.4, -0.2) is 15.9 Å². The van der Waals surface area contributed by atoms with Crippen molar-refractivity contribution in [3.05, 3.63) is 94.0 Å². The first-order valence-corrected chi connectivity index (χ1v) is 12.3. The highest BCUT2D eigenvalue weighted by Gasteiger charge is 2.21. The fraction of sp³-hybridized carbons (Fsp3) is 0.138. The number of carbonyl (C=O) groups is 1. The summed E-state index contributed by atoms with van der Waals surface area (Å²) in [6.07, 6.45) is -0.386. The zero-order valence-corrected chi connectivity index (χ0v) is 20.7. The topological polar surface area (TPSA) is 57.9 Å². The third-order valence-electron chi connectivity index (χ3n) is 6.79. The molecule has 4 nitrogen and oxygen atoms in total. The Morgan fingerprint density at radius 3 is 1.74 bits per heavy atom. The van der Waals surface area contributed by atoms with E-state index in [1.54, 1.807) is 0 Å². The van der Waals surface area contributed by atoms with Crippen LogP contribution < -0.4 is 0 Å². The Morgan fingerprint density at radius 2 is 1.17 bits per heavy atom. The average Bonchev–Trinajstić information content (AvgIpc) is 3.39. The molecule has 0 aliphatic carbocycles. The van der Waals surface area contributed by atoms with E-state index in [4.69, 9.17) is 27.9 Å². The predicted molar refractivity (Wildman–Crippen MR) is 145 cm³/mol. The summed E-state index contributed by atoms with van der Waals surface area (Å²) in [4.78, 5) is 19.9. The van der Waals surface area contributed by atoms with Gasteiger partial charge in [-0.15, -0.1) is 0 Å². The SMILES string of the molecule is C[C@@H](OC(=O)[C@H](C)c1ccc2c(c1)[nH]c1ccc(Cl)cc12)c1ccc2c(c1)[nH]c1ccc(Cl)cc12. The summed E-state index contributed by atoms with van der Waals surface area (Å²) >= 11 is 12.4.